The second kappa shape index (κ2) is 7.49. The van der Waals surface area contributed by atoms with Crippen LogP contribution in [0.15, 0.2) is 48.7 Å². The molecule has 1 aromatic heterocycles. The van der Waals surface area contributed by atoms with Crippen LogP contribution in [0.1, 0.15) is 30.9 Å². The van der Waals surface area contributed by atoms with Crippen LogP contribution >= 0.6 is 11.6 Å². The minimum atomic E-state index is 0.394. The van der Waals surface area contributed by atoms with Crippen molar-refractivity contribution >= 4 is 34.7 Å². The first kappa shape index (κ1) is 17.2. The predicted octanol–water partition coefficient (Wildman–Crippen LogP) is 5.44. The molecule has 0 saturated heterocycles. The van der Waals surface area contributed by atoms with Crippen molar-refractivity contribution in [1.29, 1.82) is 0 Å². The van der Waals surface area contributed by atoms with Crippen molar-refractivity contribution in [3.8, 4) is 0 Å². The Labute approximate surface area is 152 Å². The maximum absolute atomic E-state index is 5.91. The van der Waals surface area contributed by atoms with Crippen molar-refractivity contribution in [2.24, 2.45) is 0 Å². The van der Waals surface area contributed by atoms with Gasteiger partial charge in [-0.25, -0.2) is 0 Å². The van der Waals surface area contributed by atoms with Gasteiger partial charge in [0.1, 0.15) is 0 Å². The van der Waals surface area contributed by atoms with E-state index in [1.165, 1.54) is 5.56 Å². The number of para-hydroxylation sites is 1. The molecule has 2 N–H and O–H groups in total. The Morgan fingerprint density at radius 1 is 1.00 bits per heavy atom. The normalized spacial score (nSPS) is 10.8. The summed E-state index contributed by atoms with van der Waals surface area (Å²) in [6, 6.07) is 13.7. The van der Waals surface area contributed by atoms with E-state index in [9.17, 15) is 0 Å². The van der Waals surface area contributed by atoms with Gasteiger partial charge >= 0.3 is 0 Å². The van der Waals surface area contributed by atoms with E-state index in [-0.39, 0.29) is 0 Å². The molecule has 3 rings (SSSR count). The van der Waals surface area contributed by atoms with Crippen LogP contribution < -0.4 is 10.6 Å². The Kier molecular flexibility index (Phi) is 5.14. The highest BCUT2D eigenvalue weighted by atomic mass is 35.5. The summed E-state index contributed by atoms with van der Waals surface area (Å²) < 4.78 is 0. The first-order valence-corrected chi connectivity index (χ1v) is 8.49. The molecule has 0 atom stereocenters. The van der Waals surface area contributed by atoms with Gasteiger partial charge in [0.25, 0.3) is 0 Å². The number of nitrogens with one attached hydrogen (secondary N) is 2. The molecule has 0 radical (unpaired) electrons. The van der Waals surface area contributed by atoms with Gasteiger partial charge in [-0.3, -0.25) is 0 Å². The van der Waals surface area contributed by atoms with Crippen LogP contribution in [0.5, 0.6) is 0 Å². The molecule has 2 aromatic carbocycles. The summed E-state index contributed by atoms with van der Waals surface area (Å²) in [5.41, 5.74) is 4.28. The van der Waals surface area contributed by atoms with E-state index in [0.29, 0.717) is 22.7 Å². The number of aromatic nitrogens is 3. The molecular formula is C19H20ClN5. The lowest BCUT2D eigenvalue weighted by Crippen LogP contribution is -2.05. The Morgan fingerprint density at radius 2 is 1.76 bits per heavy atom. The number of aryl methyl sites for hydroxylation is 1. The fourth-order valence-electron chi connectivity index (χ4n) is 2.55. The van der Waals surface area contributed by atoms with E-state index in [1.807, 2.05) is 24.3 Å². The standard InChI is InChI=1S/C19H20ClN5/c1-12(2)16-6-4-5-13(3)18(16)24-19-23-17(11-21-25-19)22-15-9-7-14(20)8-10-15/h4-12H,1-3H3,(H2,22,23,24,25). The molecule has 3 aromatic rings. The van der Waals surface area contributed by atoms with Gasteiger partial charge < -0.3 is 10.6 Å². The molecule has 0 spiro atoms. The second-order valence-corrected chi connectivity index (χ2v) is 6.55. The van der Waals surface area contributed by atoms with Crippen molar-refractivity contribution in [2.45, 2.75) is 26.7 Å². The third-order valence-electron chi connectivity index (χ3n) is 3.84. The number of rotatable bonds is 5. The summed E-state index contributed by atoms with van der Waals surface area (Å²) in [4.78, 5) is 4.50. The Bertz CT molecular complexity index is 862. The number of nitrogens with zero attached hydrogens (tertiary/aromatic N) is 3. The summed E-state index contributed by atoms with van der Waals surface area (Å²) in [7, 11) is 0. The number of hydrogen-bond donors (Lipinski definition) is 2. The average molecular weight is 354 g/mol. The molecule has 0 aliphatic rings. The van der Waals surface area contributed by atoms with E-state index in [1.54, 1.807) is 6.20 Å². The lowest BCUT2D eigenvalue weighted by molar-refractivity contribution is 0.865. The lowest BCUT2D eigenvalue weighted by atomic mass is 9.98. The highest BCUT2D eigenvalue weighted by molar-refractivity contribution is 6.30. The van der Waals surface area contributed by atoms with Gasteiger partial charge in [0, 0.05) is 16.4 Å². The molecule has 128 valence electrons. The van der Waals surface area contributed by atoms with Crippen LogP contribution in [0.4, 0.5) is 23.1 Å². The van der Waals surface area contributed by atoms with Crippen LogP contribution in [0, 0.1) is 6.92 Å². The Hall–Kier alpha value is -2.66. The first-order valence-electron chi connectivity index (χ1n) is 8.12. The predicted molar refractivity (Wildman–Crippen MR) is 103 cm³/mol. The minimum absolute atomic E-state index is 0.394. The highest BCUT2D eigenvalue weighted by Gasteiger charge is 2.11. The molecule has 0 fully saturated rings. The minimum Gasteiger partial charge on any atom is -0.339 e. The van der Waals surface area contributed by atoms with Gasteiger partial charge in [-0.15, -0.1) is 5.10 Å². The van der Waals surface area contributed by atoms with Crippen molar-refractivity contribution in [2.75, 3.05) is 10.6 Å². The average Bonchev–Trinajstić information content (AvgIpc) is 2.59. The van der Waals surface area contributed by atoms with Gasteiger partial charge in [0.2, 0.25) is 5.95 Å². The van der Waals surface area contributed by atoms with Gasteiger partial charge in [0.05, 0.1) is 6.20 Å². The summed E-state index contributed by atoms with van der Waals surface area (Å²) >= 11 is 5.91. The maximum atomic E-state index is 5.91. The van der Waals surface area contributed by atoms with Crippen molar-refractivity contribution in [3.63, 3.8) is 0 Å². The fraction of sp³-hybridized carbons (Fsp3) is 0.211. The quantitative estimate of drug-likeness (QED) is 0.639. The topological polar surface area (TPSA) is 62.7 Å². The van der Waals surface area contributed by atoms with Crippen LogP contribution in [0.3, 0.4) is 0 Å². The highest BCUT2D eigenvalue weighted by Crippen LogP contribution is 2.29. The molecule has 25 heavy (non-hydrogen) atoms. The lowest BCUT2D eigenvalue weighted by Gasteiger charge is -2.16. The molecular weight excluding hydrogens is 334 g/mol. The first-order chi connectivity index (χ1) is 12.0. The molecule has 1 heterocycles. The molecule has 0 amide bonds. The third-order valence-corrected chi connectivity index (χ3v) is 4.09. The zero-order valence-electron chi connectivity index (χ0n) is 14.4. The van der Waals surface area contributed by atoms with E-state index >= 15 is 0 Å². The summed E-state index contributed by atoms with van der Waals surface area (Å²) in [6.45, 7) is 6.40. The van der Waals surface area contributed by atoms with Gasteiger partial charge in [-0.1, -0.05) is 43.6 Å². The van der Waals surface area contributed by atoms with Crippen LogP contribution in [0.2, 0.25) is 5.02 Å². The Morgan fingerprint density at radius 3 is 2.48 bits per heavy atom. The van der Waals surface area contributed by atoms with E-state index < -0.39 is 0 Å². The van der Waals surface area contributed by atoms with Gasteiger partial charge in [-0.05, 0) is 48.2 Å². The molecule has 5 nitrogen and oxygen atoms in total. The zero-order valence-corrected chi connectivity index (χ0v) is 15.2. The van der Waals surface area contributed by atoms with Crippen molar-refractivity contribution in [1.82, 2.24) is 15.2 Å². The second-order valence-electron chi connectivity index (χ2n) is 6.12. The van der Waals surface area contributed by atoms with E-state index in [0.717, 1.165) is 16.9 Å². The largest absolute Gasteiger partial charge is 0.339 e. The SMILES string of the molecule is Cc1cccc(C(C)C)c1Nc1nncc(Nc2ccc(Cl)cc2)n1. The zero-order chi connectivity index (χ0) is 17.8. The summed E-state index contributed by atoms with van der Waals surface area (Å²) in [5, 5.41) is 15.3. The van der Waals surface area contributed by atoms with Gasteiger partial charge in [-0.2, -0.15) is 10.1 Å². The monoisotopic (exact) mass is 353 g/mol. The number of halogens is 1. The number of hydrogen-bond acceptors (Lipinski definition) is 5. The van der Waals surface area contributed by atoms with Crippen LogP contribution in [-0.2, 0) is 0 Å². The summed E-state index contributed by atoms with van der Waals surface area (Å²) in [6.07, 6.45) is 1.58. The third kappa shape index (κ3) is 4.25. The number of anilines is 4. The molecule has 0 saturated carbocycles. The molecule has 0 aliphatic heterocycles. The molecule has 0 aliphatic carbocycles. The van der Waals surface area contributed by atoms with Crippen molar-refractivity contribution in [3.05, 3.63) is 64.8 Å². The van der Waals surface area contributed by atoms with Crippen molar-refractivity contribution < 1.29 is 0 Å². The summed E-state index contributed by atoms with van der Waals surface area (Å²) in [5.74, 6) is 1.46. The van der Waals surface area contributed by atoms with Crippen LogP contribution in [-0.4, -0.2) is 15.2 Å². The fourth-order valence-corrected chi connectivity index (χ4v) is 2.68. The molecule has 0 bridgehead atoms. The van der Waals surface area contributed by atoms with E-state index in [2.05, 4.69) is 64.8 Å². The maximum Gasteiger partial charge on any atom is 0.249 e. The Balaban J connectivity index is 1.84. The smallest absolute Gasteiger partial charge is 0.249 e. The van der Waals surface area contributed by atoms with E-state index in [4.69, 9.17) is 11.6 Å². The van der Waals surface area contributed by atoms with Crippen LogP contribution in [0.25, 0.3) is 0 Å². The van der Waals surface area contributed by atoms with Gasteiger partial charge in [0.15, 0.2) is 5.82 Å². The molecule has 0 unspecified atom stereocenters. The molecule has 6 heteroatoms. The number of benzene rings is 2.